The normalized spacial score (nSPS) is 26.3. The van der Waals surface area contributed by atoms with Gasteiger partial charge in [0.2, 0.25) is 0 Å². The Morgan fingerprint density at radius 2 is 1.43 bits per heavy atom. The summed E-state index contributed by atoms with van der Waals surface area (Å²) < 4.78 is 1.87. The summed E-state index contributed by atoms with van der Waals surface area (Å²) in [5.74, 6) is -1.31. The first-order chi connectivity index (χ1) is 17.0. The Labute approximate surface area is 205 Å². The van der Waals surface area contributed by atoms with Gasteiger partial charge in [-0.05, 0) is 31.0 Å². The molecule has 1 unspecified atom stereocenters. The zero-order valence-electron chi connectivity index (χ0n) is 19.9. The summed E-state index contributed by atoms with van der Waals surface area (Å²) in [5, 5.41) is 0. The van der Waals surface area contributed by atoms with Crippen LogP contribution in [0.1, 0.15) is 48.9 Å². The molecule has 2 fully saturated rings. The van der Waals surface area contributed by atoms with Crippen LogP contribution < -0.4 is 10.2 Å². The summed E-state index contributed by atoms with van der Waals surface area (Å²) in [7, 11) is 0. The minimum atomic E-state index is -0.645. The summed E-state index contributed by atoms with van der Waals surface area (Å²) in [5.41, 5.74) is 8.24. The van der Waals surface area contributed by atoms with Gasteiger partial charge in [0.15, 0.2) is 17.5 Å². The molecule has 1 aliphatic heterocycles. The van der Waals surface area contributed by atoms with Crippen molar-refractivity contribution in [2.75, 3.05) is 6.54 Å². The van der Waals surface area contributed by atoms with Crippen molar-refractivity contribution in [2.24, 2.45) is 17.6 Å². The average Bonchev–Trinajstić information content (AvgIpc) is 3.60. The van der Waals surface area contributed by atoms with Gasteiger partial charge in [0.1, 0.15) is 5.69 Å². The molecule has 2 heterocycles. The largest absolute Gasteiger partial charge is 0.364 e. The number of hydrogen-bond acceptors (Lipinski definition) is 3. The van der Waals surface area contributed by atoms with Crippen LogP contribution >= 0.6 is 0 Å². The fourth-order valence-corrected chi connectivity index (χ4v) is 6.31. The highest BCUT2D eigenvalue weighted by atomic mass is 16.2. The molecule has 35 heavy (non-hydrogen) atoms. The maximum atomic E-state index is 14.7. The number of nitrogens with zero attached hydrogens (tertiary/aromatic N) is 2. The number of amides is 2. The predicted octanol–water partition coefficient (Wildman–Crippen LogP) is 4.65. The SMILES string of the molecule is NC(=O)[C@@H]1CCC[N+]1(C(=O)[C@@H]1CCCC[C@H]1C(=O)c1ccccc1)c1ccccc1-n1cccc1. The van der Waals surface area contributed by atoms with E-state index in [1.807, 2.05) is 83.7 Å². The minimum Gasteiger partial charge on any atom is -0.364 e. The van der Waals surface area contributed by atoms with Crippen molar-refractivity contribution in [3.8, 4) is 5.69 Å². The molecule has 1 aliphatic carbocycles. The number of primary amides is 1. The van der Waals surface area contributed by atoms with Crippen LogP contribution in [0.4, 0.5) is 5.69 Å². The van der Waals surface area contributed by atoms with Crippen LogP contribution in [0.2, 0.25) is 0 Å². The van der Waals surface area contributed by atoms with Gasteiger partial charge in [0.25, 0.3) is 5.91 Å². The Bertz CT molecular complexity index is 1220. The highest BCUT2D eigenvalue weighted by molar-refractivity contribution is 6.04. The molecule has 5 rings (SSSR count). The molecule has 0 bridgehead atoms. The monoisotopic (exact) mass is 470 g/mol. The third-order valence-corrected chi connectivity index (χ3v) is 7.91. The van der Waals surface area contributed by atoms with E-state index in [0.29, 0.717) is 31.4 Å². The standard InChI is InChI=1S/C29H31N3O3/c30-28(34)26-17-10-20-32(26,25-16-7-6-15-24(25)31-18-8-9-19-31)29(35)23-14-5-4-13-22(23)27(33)21-11-2-1-3-12-21/h1-3,6-9,11-12,15-16,18-19,22-23,26H,4-5,10,13-14,17,20H2,(H-,30,34)/p+1/t22-,23-,26+,32?/m1/s1. The summed E-state index contributed by atoms with van der Waals surface area (Å²) in [6.45, 7) is 0.507. The number of rotatable bonds is 6. The van der Waals surface area contributed by atoms with E-state index in [2.05, 4.69) is 0 Å². The Morgan fingerprint density at radius 1 is 0.771 bits per heavy atom. The molecule has 2 amide bonds. The summed E-state index contributed by atoms with van der Waals surface area (Å²) in [6, 6.07) is 20.3. The highest BCUT2D eigenvalue weighted by Gasteiger charge is 2.57. The second-order valence-corrected chi connectivity index (χ2v) is 9.80. The lowest BCUT2D eigenvalue weighted by Crippen LogP contribution is -2.64. The predicted molar refractivity (Wildman–Crippen MR) is 136 cm³/mol. The number of Topliss-reactive ketones (excluding diaryl/α,β-unsaturated/α-hetero) is 1. The number of likely N-dealkylation sites (tertiary alicyclic amines) is 1. The highest BCUT2D eigenvalue weighted by Crippen LogP contribution is 2.44. The molecule has 3 aromatic rings. The molecule has 1 saturated carbocycles. The molecular formula is C29H32N3O3+. The molecule has 1 saturated heterocycles. The van der Waals surface area contributed by atoms with Crippen molar-refractivity contribution in [2.45, 2.75) is 44.6 Å². The molecule has 2 N–H and O–H groups in total. The number of nitrogens with two attached hydrogens (primary N) is 1. The van der Waals surface area contributed by atoms with Crippen LogP contribution in [0.15, 0.2) is 79.1 Å². The Kier molecular flexibility index (Phi) is 6.39. The zero-order valence-corrected chi connectivity index (χ0v) is 19.9. The van der Waals surface area contributed by atoms with E-state index in [1.54, 1.807) is 0 Å². The maximum Gasteiger partial charge on any atom is 0.323 e. The van der Waals surface area contributed by atoms with Crippen LogP contribution in [0.3, 0.4) is 0 Å². The van der Waals surface area contributed by atoms with Gasteiger partial charge in [-0.1, -0.05) is 55.3 Å². The van der Waals surface area contributed by atoms with E-state index < -0.39 is 17.9 Å². The van der Waals surface area contributed by atoms with Crippen LogP contribution in [0, 0.1) is 11.8 Å². The molecule has 6 nitrogen and oxygen atoms in total. The number of quaternary nitrogens is 1. The van der Waals surface area contributed by atoms with Gasteiger partial charge in [-0.3, -0.25) is 9.59 Å². The molecule has 1 aromatic heterocycles. The summed E-state index contributed by atoms with van der Waals surface area (Å²) in [6.07, 6.45) is 8.33. The Hall–Kier alpha value is -3.51. The van der Waals surface area contributed by atoms with Gasteiger partial charge in [0, 0.05) is 42.8 Å². The van der Waals surface area contributed by atoms with Gasteiger partial charge in [-0.25, -0.2) is 9.28 Å². The number of para-hydroxylation sites is 2. The quantitative estimate of drug-likeness (QED) is 0.421. The van der Waals surface area contributed by atoms with Crippen molar-refractivity contribution < 1.29 is 14.4 Å². The van der Waals surface area contributed by atoms with E-state index in [4.69, 9.17) is 5.73 Å². The van der Waals surface area contributed by atoms with Gasteiger partial charge < -0.3 is 10.3 Å². The first-order valence-corrected chi connectivity index (χ1v) is 12.6. The lowest BCUT2D eigenvalue weighted by Gasteiger charge is -2.41. The number of carbonyl (C=O) groups excluding carboxylic acids is 3. The minimum absolute atomic E-state index is 0.0234. The molecule has 180 valence electrons. The molecule has 2 aromatic carbocycles. The smallest absolute Gasteiger partial charge is 0.323 e. The van der Waals surface area contributed by atoms with Crippen LogP contribution in [0.25, 0.3) is 5.69 Å². The van der Waals surface area contributed by atoms with Gasteiger partial charge in [-0.15, -0.1) is 0 Å². The van der Waals surface area contributed by atoms with E-state index in [9.17, 15) is 14.4 Å². The maximum absolute atomic E-state index is 14.7. The number of ketones is 1. The van der Waals surface area contributed by atoms with Crippen molar-refractivity contribution in [1.82, 2.24) is 9.05 Å². The number of hydrogen-bond donors (Lipinski definition) is 1. The van der Waals surface area contributed by atoms with Crippen molar-refractivity contribution >= 4 is 23.3 Å². The lowest BCUT2D eigenvalue weighted by atomic mass is 9.74. The van der Waals surface area contributed by atoms with Crippen LogP contribution in [-0.4, -0.2) is 34.8 Å². The Morgan fingerprint density at radius 3 is 2.14 bits per heavy atom. The van der Waals surface area contributed by atoms with Gasteiger partial charge >= 0.3 is 5.91 Å². The second-order valence-electron chi connectivity index (χ2n) is 9.80. The fourth-order valence-electron chi connectivity index (χ4n) is 6.31. The van der Waals surface area contributed by atoms with E-state index in [0.717, 1.165) is 30.6 Å². The van der Waals surface area contributed by atoms with Crippen LogP contribution in [0.5, 0.6) is 0 Å². The fraction of sp³-hybridized carbons (Fsp3) is 0.345. The first-order valence-electron chi connectivity index (χ1n) is 12.6. The van der Waals surface area contributed by atoms with Gasteiger partial charge in [-0.2, -0.15) is 0 Å². The van der Waals surface area contributed by atoms with Gasteiger partial charge in [0.05, 0.1) is 12.5 Å². The van der Waals surface area contributed by atoms with E-state index >= 15 is 0 Å². The van der Waals surface area contributed by atoms with E-state index in [1.165, 1.54) is 0 Å². The Balaban J connectivity index is 1.63. The number of carbonyl (C=O) groups is 3. The number of benzene rings is 2. The third-order valence-electron chi connectivity index (χ3n) is 7.91. The summed E-state index contributed by atoms with van der Waals surface area (Å²) in [4.78, 5) is 41.1. The topological polar surface area (TPSA) is 82.2 Å². The molecule has 4 atom stereocenters. The number of aromatic nitrogens is 1. The zero-order chi connectivity index (χ0) is 24.4. The van der Waals surface area contributed by atoms with E-state index in [-0.39, 0.29) is 22.1 Å². The molecular weight excluding hydrogens is 438 g/mol. The second kappa shape index (κ2) is 9.62. The molecule has 6 heteroatoms. The molecule has 0 radical (unpaired) electrons. The third kappa shape index (κ3) is 4.02. The van der Waals surface area contributed by atoms with Crippen molar-refractivity contribution in [1.29, 1.82) is 0 Å². The molecule has 0 spiro atoms. The average molecular weight is 471 g/mol. The lowest BCUT2D eigenvalue weighted by molar-refractivity contribution is -0.141. The van der Waals surface area contributed by atoms with Crippen molar-refractivity contribution in [3.63, 3.8) is 0 Å². The molecule has 2 aliphatic rings. The summed E-state index contributed by atoms with van der Waals surface area (Å²) >= 11 is 0. The van der Waals surface area contributed by atoms with Crippen LogP contribution in [-0.2, 0) is 9.59 Å². The van der Waals surface area contributed by atoms with Crippen molar-refractivity contribution in [3.05, 3.63) is 84.7 Å². The first kappa shape index (κ1) is 23.2.